The summed E-state index contributed by atoms with van der Waals surface area (Å²) < 4.78 is 10.1. The normalized spacial score (nSPS) is 11.1. The van der Waals surface area contributed by atoms with Crippen LogP contribution in [0.4, 0.5) is 0 Å². The molecule has 0 saturated carbocycles. The van der Waals surface area contributed by atoms with Crippen molar-refractivity contribution in [1.29, 1.82) is 0 Å². The van der Waals surface area contributed by atoms with Crippen LogP contribution in [0.25, 0.3) is 0 Å². The fourth-order valence-electron chi connectivity index (χ4n) is 1.30. The molecule has 0 spiro atoms. The second-order valence-electron chi connectivity index (χ2n) is 4.13. The molecule has 0 aliphatic carbocycles. The third-order valence-corrected chi connectivity index (χ3v) is 1.93. The molecular weight excluding hydrogens is 178 g/mol. The number of aromatic nitrogens is 1. The summed E-state index contributed by atoms with van der Waals surface area (Å²) in [4.78, 5) is 0. The van der Waals surface area contributed by atoms with Gasteiger partial charge in [0.25, 0.3) is 0 Å². The van der Waals surface area contributed by atoms with Crippen LogP contribution in [0, 0.1) is 12.3 Å². The maximum absolute atomic E-state index is 5.28. The van der Waals surface area contributed by atoms with Crippen molar-refractivity contribution in [1.82, 2.24) is 5.16 Å². The second-order valence-corrected chi connectivity index (χ2v) is 4.13. The first kappa shape index (κ1) is 10.6. The SMILES string of the molecule is C#CCc1c(C(C)(C)C)noc1OC. The first-order chi connectivity index (χ1) is 6.50. The molecule has 0 bridgehead atoms. The molecule has 0 aliphatic rings. The predicted octanol–water partition coefficient (Wildman–Crippen LogP) is 2.16. The lowest BCUT2D eigenvalue weighted by atomic mass is 9.89. The van der Waals surface area contributed by atoms with Gasteiger partial charge in [-0.25, -0.2) is 0 Å². The minimum Gasteiger partial charge on any atom is -0.467 e. The van der Waals surface area contributed by atoms with Crippen LogP contribution in [0.1, 0.15) is 32.0 Å². The zero-order chi connectivity index (χ0) is 10.8. The third-order valence-electron chi connectivity index (χ3n) is 1.93. The van der Waals surface area contributed by atoms with E-state index >= 15 is 0 Å². The molecule has 76 valence electrons. The molecule has 3 nitrogen and oxygen atoms in total. The highest BCUT2D eigenvalue weighted by Crippen LogP contribution is 2.31. The molecule has 1 heterocycles. The highest BCUT2D eigenvalue weighted by Gasteiger charge is 2.25. The van der Waals surface area contributed by atoms with Crippen molar-refractivity contribution in [2.45, 2.75) is 32.6 Å². The largest absolute Gasteiger partial charge is 0.467 e. The first-order valence-electron chi connectivity index (χ1n) is 4.47. The molecular formula is C11H15NO2. The molecule has 3 heteroatoms. The lowest BCUT2D eigenvalue weighted by Gasteiger charge is -2.15. The summed E-state index contributed by atoms with van der Waals surface area (Å²) in [5.41, 5.74) is 1.67. The van der Waals surface area contributed by atoms with Gasteiger partial charge < -0.3 is 9.26 Å². The summed E-state index contributed by atoms with van der Waals surface area (Å²) in [7, 11) is 1.55. The molecule has 0 amide bonds. The molecule has 1 aromatic rings. The predicted molar refractivity (Wildman–Crippen MR) is 54.3 cm³/mol. The number of terminal acetylenes is 1. The van der Waals surface area contributed by atoms with Crippen LogP contribution in [-0.2, 0) is 11.8 Å². The van der Waals surface area contributed by atoms with E-state index in [0.29, 0.717) is 12.4 Å². The van der Waals surface area contributed by atoms with E-state index in [-0.39, 0.29) is 5.41 Å². The standard InChI is InChI=1S/C11H15NO2/c1-6-7-8-9(11(2,3)4)12-14-10(8)13-5/h1H,7H2,2-5H3. The van der Waals surface area contributed by atoms with Gasteiger partial charge in [0.15, 0.2) is 0 Å². The number of ether oxygens (including phenoxy) is 1. The smallest absolute Gasteiger partial charge is 0.315 e. The number of rotatable bonds is 2. The van der Waals surface area contributed by atoms with Gasteiger partial charge in [0.2, 0.25) is 0 Å². The van der Waals surface area contributed by atoms with E-state index in [2.05, 4.69) is 31.8 Å². The van der Waals surface area contributed by atoms with Gasteiger partial charge >= 0.3 is 5.95 Å². The van der Waals surface area contributed by atoms with Crippen molar-refractivity contribution in [3.63, 3.8) is 0 Å². The molecule has 1 aromatic heterocycles. The van der Waals surface area contributed by atoms with Crippen LogP contribution < -0.4 is 4.74 Å². The van der Waals surface area contributed by atoms with Gasteiger partial charge in [-0.2, -0.15) is 0 Å². The van der Waals surface area contributed by atoms with E-state index in [1.165, 1.54) is 0 Å². The Morgan fingerprint density at radius 1 is 1.50 bits per heavy atom. The van der Waals surface area contributed by atoms with Crippen molar-refractivity contribution in [3.8, 4) is 18.3 Å². The summed E-state index contributed by atoms with van der Waals surface area (Å²) in [5.74, 6) is 3.00. The molecule has 0 aliphatic heterocycles. The van der Waals surface area contributed by atoms with Crippen LogP contribution in [-0.4, -0.2) is 12.3 Å². The van der Waals surface area contributed by atoms with Crippen molar-refractivity contribution in [2.75, 3.05) is 7.11 Å². The van der Waals surface area contributed by atoms with Crippen molar-refractivity contribution >= 4 is 0 Å². The van der Waals surface area contributed by atoms with Crippen molar-refractivity contribution in [2.24, 2.45) is 0 Å². The maximum Gasteiger partial charge on any atom is 0.315 e. The van der Waals surface area contributed by atoms with Crippen LogP contribution in [0.2, 0.25) is 0 Å². The Hall–Kier alpha value is -1.43. The Morgan fingerprint density at radius 2 is 2.14 bits per heavy atom. The van der Waals surface area contributed by atoms with Crippen LogP contribution in [0.5, 0.6) is 5.95 Å². The minimum atomic E-state index is -0.0769. The Morgan fingerprint density at radius 3 is 2.57 bits per heavy atom. The minimum absolute atomic E-state index is 0.0769. The highest BCUT2D eigenvalue weighted by molar-refractivity contribution is 5.35. The monoisotopic (exact) mass is 193 g/mol. The summed E-state index contributed by atoms with van der Waals surface area (Å²) in [6, 6.07) is 0. The lowest BCUT2D eigenvalue weighted by molar-refractivity contribution is 0.255. The highest BCUT2D eigenvalue weighted by atomic mass is 16.6. The van der Waals surface area contributed by atoms with Crippen molar-refractivity contribution < 1.29 is 9.26 Å². The number of hydrogen-bond acceptors (Lipinski definition) is 3. The average Bonchev–Trinajstić information content (AvgIpc) is 2.47. The Balaban J connectivity index is 3.19. The third kappa shape index (κ3) is 1.90. The van der Waals surface area contributed by atoms with E-state index in [4.69, 9.17) is 15.7 Å². The summed E-state index contributed by atoms with van der Waals surface area (Å²) in [6.45, 7) is 6.18. The van der Waals surface area contributed by atoms with Crippen LogP contribution in [0.3, 0.4) is 0 Å². The molecule has 0 unspecified atom stereocenters. The molecule has 0 saturated heterocycles. The van der Waals surface area contributed by atoms with E-state index in [1.807, 2.05) is 0 Å². The number of methoxy groups -OCH3 is 1. The summed E-state index contributed by atoms with van der Waals surface area (Å²) >= 11 is 0. The Bertz CT molecular complexity index is 352. The summed E-state index contributed by atoms with van der Waals surface area (Å²) in [6.07, 6.45) is 5.77. The quantitative estimate of drug-likeness (QED) is 0.675. The Kier molecular flexibility index (Phi) is 2.85. The van der Waals surface area contributed by atoms with Gasteiger partial charge in [-0.3, -0.25) is 0 Å². The van der Waals surface area contributed by atoms with Gasteiger partial charge in [-0.05, 0) is 0 Å². The van der Waals surface area contributed by atoms with E-state index in [0.717, 1.165) is 11.3 Å². The lowest BCUT2D eigenvalue weighted by Crippen LogP contribution is -2.14. The van der Waals surface area contributed by atoms with Crippen molar-refractivity contribution in [3.05, 3.63) is 11.3 Å². The van der Waals surface area contributed by atoms with Gasteiger partial charge in [0.1, 0.15) is 0 Å². The molecule has 14 heavy (non-hydrogen) atoms. The van der Waals surface area contributed by atoms with E-state index in [9.17, 15) is 0 Å². The maximum atomic E-state index is 5.28. The molecule has 0 N–H and O–H groups in total. The topological polar surface area (TPSA) is 35.3 Å². The van der Waals surface area contributed by atoms with Gasteiger partial charge in [0, 0.05) is 11.8 Å². The number of hydrogen-bond donors (Lipinski definition) is 0. The first-order valence-corrected chi connectivity index (χ1v) is 4.47. The molecule has 0 fully saturated rings. The van der Waals surface area contributed by atoms with Crippen LogP contribution >= 0.6 is 0 Å². The zero-order valence-corrected chi connectivity index (χ0v) is 9.05. The van der Waals surface area contributed by atoms with E-state index in [1.54, 1.807) is 7.11 Å². The molecule has 0 atom stereocenters. The molecule has 0 aromatic carbocycles. The van der Waals surface area contributed by atoms with E-state index < -0.39 is 0 Å². The average molecular weight is 193 g/mol. The van der Waals surface area contributed by atoms with Gasteiger partial charge in [-0.15, -0.1) is 12.3 Å². The van der Waals surface area contributed by atoms with Crippen LogP contribution in [0.15, 0.2) is 4.52 Å². The van der Waals surface area contributed by atoms with Gasteiger partial charge in [0.05, 0.1) is 18.4 Å². The van der Waals surface area contributed by atoms with Gasteiger partial charge in [-0.1, -0.05) is 25.9 Å². The molecule has 1 rings (SSSR count). The Labute approximate surface area is 84.4 Å². The zero-order valence-electron chi connectivity index (χ0n) is 9.05. The number of nitrogens with zero attached hydrogens (tertiary/aromatic N) is 1. The fraction of sp³-hybridized carbons (Fsp3) is 0.545. The summed E-state index contributed by atoms with van der Waals surface area (Å²) in [5, 5.41) is 3.98. The second kappa shape index (κ2) is 3.75. The molecule has 0 radical (unpaired) electrons. The fourth-order valence-corrected chi connectivity index (χ4v) is 1.30.